The van der Waals surface area contributed by atoms with Gasteiger partial charge in [-0.05, 0) is 25.2 Å². The lowest BCUT2D eigenvalue weighted by Crippen LogP contribution is -2.36. The zero-order valence-corrected chi connectivity index (χ0v) is 10.5. The second-order valence-corrected chi connectivity index (χ2v) is 5.51. The third-order valence-electron chi connectivity index (χ3n) is 3.61. The molecule has 1 aliphatic carbocycles. The molecule has 0 spiro atoms. The highest BCUT2D eigenvalue weighted by Crippen LogP contribution is 2.28. The van der Waals surface area contributed by atoms with Gasteiger partial charge < -0.3 is 10.4 Å². The Hall–Kier alpha value is -0.0800. The summed E-state index contributed by atoms with van der Waals surface area (Å²) in [5.74, 6) is 1.29. The monoisotopic (exact) mass is 213 g/mol. The number of aliphatic hydroxyl groups excluding tert-OH is 1. The third kappa shape index (κ3) is 4.98. The average molecular weight is 213 g/mol. The van der Waals surface area contributed by atoms with Gasteiger partial charge >= 0.3 is 0 Å². The summed E-state index contributed by atoms with van der Waals surface area (Å²) in [5.41, 5.74) is 0. The maximum atomic E-state index is 9.67. The van der Waals surface area contributed by atoms with E-state index in [2.05, 4.69) is 26.1 Å². The molecule has 1 fully saturated rings. The van der Waals surface area contributed by atoms with E-state index in [9.17, 15) is 5.11 Å². The quantitative estimate of drug-likeness (QED) is 0.711. The fraction of sp³-hybridized carbons (Fsp3) is 1.00. The van der Waals surface area contributed by atoms with Crippen molar-refractivity contribution in [2.75, 3.05) is 6.54 Å². The van der Waals surface area contributed by atoms with E-state index < -0.39 is 0 Å². The molecule has 0 aliphatic heterocycles. The number of nitrogens with one attached hydrogen (secondary N) is 1. The van der Waals surface area contributed by atoms with Crippen LogP contribution in [0.4, 0.5) is 0 Å². The van der Waals surface area contributed by atoms with Crippen molar-refractivity contribution < 1.29 is 5.11 Å². The molecule has 1 saturated carbocycles. The Balaban J connectivity index is 2.09. The lowest BCUT2D eigenvalue weighted by Gasteiger charge is -2.21. The minimum Gasteiger partial charge on any atom is -0.392 e. The molecule has 2 heteroatoms. The summed E-state index contributed by atoms with van der Waals surface area (Å²) in [6.07, 6.45) is 6.76. The van der Waals surface area contributed by atoms with E-state index in [0.717, 1.165) is 12.5 Å². The molecule has 0 radical (unpaired) electrons. The molecule has 2 N–H and O–H groups in total. The first-order chi connectivity index (χ1) is 7.09. The third-order valence-corrected chi connectivity index (χ3v) is 3.61. The lowest BCUT2D eigenvalue weighted by atomic mass is 9.99. The fourth-order valence-corrected chi connectivity index (χ4v) is 2.39. The second-order valence-electron chi connectivity index (χ2n) is 5.51. The summed E-state index contributed by atoms with van der Waals surface area (Å²) in [5, 5.41) is 13.1. The van der Waals surface area contributed by atoms with Gasteiger partial charge in [0.25, 0.3) is 0 Å². The van der Waals surface area contributed by atoms with Crippen molar-refractivity contribution in [2.45, 2.75) is 65.0 Å². The van der Waals surface area contributed by atoms with E-state index in [1.54, 1.807) is 0 Å². The van der Waals surface area contributed by atoms with Crippen LogP contribution in [0.1, 0.15) is 52.9 Å². The summed E-state index contributed by atoms with van der Waals surface area (Å²) in [4.78, 5) is 0. The van der Waals surface area contributed by atoms with Gasteiger partial charge in [-0.15, -0.1) is 0 Å². The van der Waals surface area contributed by atoms with E-state index in [1.165, 1.54) is 32.1 Å². The second kappa shape index (κ2) is 6.49. The highest BCUT2D eigenvalue weighted by Gasteiger charge is 2.18. The predicted octanol–water partition coefficient (Wildman–Crippen LogP) is 2.56. The number of aliphatic hydroxyl groups is 1. The smallest absolute Gasteiger partial charge is 0.0687 e. The van der Waals surface area contributed by atoms with E-state index in [0.29, 0.717) is 12.0 Å². The van der Waals surface area contributed by atoms with E-state index in [4.69, 9.17) is 0 Å². The molecule has 0 amide bonds. The zero-order valence-electron chi connectivity index (χ0n) is 10.5. The lowest BCUT2D eigenvalue weighted by molar-refractivity contribution is 0.119. The van der Waals surface area contributed by atoms with E-state index in [-0.39, 0.29) is 6.10 Å². The van der Waals surface area contributed by atoms with Crippen molar-refractivity contribution in [2.24, 2.45) is 11.8 Å². The van der Waals surface area contributed by atoms with Crippen LogP contribution in [0.2, 0.25) is 0 Å². The van der Waals surface area contributed by atoms with Crippen LogP contribution in [-0.4, -0.2) is 23.8 Å². The predicted molar refractivity (Wildman–Crippen MR) is 64.9 cm³/mol. The number of hydrogen-bond donors (Lipinski definition) is 2. The molecule has 0 saturated heterocycles. The first-order valence-corrected chi connectivity index (χ1v) is 6.51. The Morgan fingerprint density at radius 2 is 1.80 bits per heavy atom. The SMILES string of the molecule is CC(CC1CCCC1)NCC(O)C(C)C. The van der Waals surface area contributed by atoms with Gasteiger partial charge in [0.1, 0.15) is 0 Å². The topological polar surface area (TPSA) is 32.3 Å². The van der Waals surface area contributed by atoms with Crippen LogP contribution in [0.3, 0.4) is 0 Å². The molecule has 0 heterocycles. The van der Waals surface area contributed by atoms with Gasteiger partial charge in [-0.2, -0.15) is 0 Å². The van der Waals surface area contributed by atoms with Crippen LogP contribution in [0.15, 0.2) is 0 Å². The Kier molecular flexibility index (Phi) is 5.62. The summed E-state index contributed by atoms with van der Waals surface area (Å²) >= 11 is 0. The molecule has 0 bridgehead atoms. The minimum absolute atomic E-state index is 0.198. The average Bonchev–Trinajstić information content (AvgIpc) is 2.66. The molecule has 2 nitrogen and oxygen atoms in total. The minimum atomic E-state index is -0.198. The Labute approximate surface area is 94.5 Å². The molecule has 0 aromatic rings. The molecule has 2 atom stereocenters. The van der Waals surface area contributed by atoms with Crippen LogP contribution in [0, 0.1) is 11.8 Å². The van der Waals surface area contributed by atoms with Crippen molar-refractivity contribution in [3.63, 3.8) is 0 Å². The maximum Gasteiger partial charge on any atom is 0.0687 e. The molecule has 1 aliphatic rings. The molecule has 0 aromatic heterocycles. The van der Waals surface area contributed by atoms with Crippen molar-refractivity contribution in [1.29, 1.82) is 0 Å². The molecular formula is C13H27NO. The first-order valence-electron chi connectivity index (χ1n) is 6.51. The summed E-state index contributed by atoms with van der Waals surface area (Å²) < 4.78 is 0. The maximum absolute atomic E-state index is 9.67. The van der Waals surface area contributed by atoms with Crippen molar-refractivity contribution in [3.05, 3.63) is 0 Å². The van der Waals surface area contributed by atoms with E-state index >= 15 is 0 Å². The zero-order chi connectivity index (χ0) is 11.3. The van der Waals surface area contributed by atoms with Crippen LogP contribution in [-0.2, 0) is 0 Å². The number of hydrogen-bond acceptors (Lipinski definition) is 2. The Morgan fingerprint density at radius 1 is 1.20 bits per heavy atom. The molecule has 0 aromatic carbocycles. The Bertz CT molecular complexity index is 164. The van der Waals surface area contributed by atoms with Crippen LogP contribution >= 0.6 is 0 Å². The summed E-state index contributed by atoms with van der Waals surface area (Å²) in [6, 6.07) is 0.557. The normalized spacial score (nSPS) is 22.2. The first kappa shape index (κ1) is 13.0. The molecule has 1 rings (SSSR count). The van der Waals surface area contributed by atoms with Crippen LogP contribution in [0.25, 0.3) is 0 Å². The molecule has 90 valence electrons. The van der Waals surface area contributed by atoms with Gasteiger partial charge in [0, 0.05) is 12.6 Å². The van der Waals surface area contributed by atoms with Gasteiger partial charge in [0.2, 0.25) is 0 Å². The van der Waals surface area contributed by atoms with Gasteiger partial charge in [0.15, 0.2) is 0 Å². The largest absolute Gasteiger partial charge is 0.392 e. The van der Waals surface area contributed by atoms with Gasteiger partial charge in [-0.1, -0.05) is 39.5 Å². The molecular weight excluding hydrogens is 186 g/mol. The fourth-order valence-electron chi connectivity index (χ4n) is 2.39. The van der Waals surface area contributed by atoms with Gasteiger partial charge in [-0.3, -0.25) is 0 Å². The summed E-state index contributed by atoms with van der Waals surface area (Å²) in [6.45, 7) is 7.11. The molecule has 2 unspecified atom stereocenters. The summed E-state index contributed by atoms with van der Waals surface area (Å²) in [7, 11) is 0. The standard InChI is InChI=1S/C13H27NO/c1-10(2)13(15)9-14-11(3)8-12-6-4-5-7-12/h10-15H,4-9H2,1-3H3. The van der Waals surface area contributed by atoms with Crippen molar-refractivity contribution >= 4 is 0 Å². The van der Waals surface area contributed by atoms with Crippen LogP contribution < -0.4 is 5.32 Å². The highest BCUT2D eigenvalue weighted by atomic mass is 16.3. The van der Waals surface area contributed by atoms with Gasteiger partial charge in [-0.25, -0.2) is 0 Å². The van der Waals surface area contributed by atoms with Gasteiger partial charge in [0.05, 0.1) is 6.10 Å². The van der Waals surface area contributed by atoms with E-state index in [1.807, 2.05) is 0 Å². The molecule has 15 heavy (non-hydrogen) atoms. The highest BCUT2D eigenvalue weighted by molar-refractivity contribution is 4.74. The van der Waals surface area contributed by atoms with Crippen LogP contribution in [0.5, 0.6) is 0 Å². The Morgan fingerprint density at radius 3 is 2.33 bits per heavy atom. The van der Waals surface area contributed by atoms with Crippen molar-refractivity contribution in [3.8, 4) is 0 Å². The van der Waals surface area contributed by atoms with Crippen molar-refractivity contribution in [1.82, 2.24) is 5.32 Å². The number of rotatable bonds is 6.